The largest absolute Gasteiger partial charge is 0.479 e. The first-order chi connectivity index (χ1) is 35.6. The van der Waals surface area contributed by atoms with Crippen LogP contribution in [0.5, 0.6) is 0 Å². The molecule has 6 atom stereocenters. The summed E-state index contributed by atoms with van der Waals surface area (Å²) in [5.41, 5.74) is 0. The van der Waals surface area contributed by atoms with Crippen LogP contribution >= 0.6 is 0 Å². The molecule has 3 N–H and O–H groups in total. The van der Waals surface area contributed by atoms with E-state index < -0.39 is 67.3 Å². The highest BCUT2D eigenvalue weighted by atomic mass is 16.7. The van der Waals surface area contributed by atoms with Crippen molar-refractivity contribution in [3.63, 3.8) is 0 Å². The summed E-state index contributed by atoms with van der Waals surface area (Å²) in [5.74, 6) is -3.24. The topological polar surface area (TPSA) is 175 Å². The van der Waals surface area contributed by atoms with E-state index in [0.29, 0.717) is 19.3 Å². The van der Waals surface area contributed by atoms with E-state index in [-0.39, 0.29) is 25.9 Å². The molecule has 0 saturated carbocycles. The Kier molecular flexibility index (Phi) is 44.0. The maximum Gasteiger partial charge on any atom is 0.335 e. The second kappa shape index (κ2) is 48.3. The standard InChI is InChI=1S/C61H96O12/c1-4-7-10-13-16-19-22-24-26-27-29-30-33-35-38-41-44-47-53(62)69-50-52(71-54(63)48-45-42-39-37-34-31-28-25-23-20-17-14-11-8-5-2)51-70-61-59(57(66)56(65)58(73-61)60(67)68)72-55(64)49-46-43-40-36-32-21-18-15-12-9-6-3/h7-8,10-11,15-20,24-26,28-30,34,37,52,56-59,61,65-66H,4-6,9,12-14,21-23,27,31-33,35-36,38-51H2,1-3H3,(H,67,68)/b10-7-,11-8-,18-15-,19-16-,20-17-,26-24-,28-25-,30-29-,37-34-. The summed E-state index contributed by atoms with van der Waals surface area (Å²) in [5, 5.41) is 31.4. The normalized spacial score (nSPS) is 19.2. The van der Waals surface area contributed by atoms with Crippen molar-refractivity contribution in [3.8, 4) is 0 Å². The SMILES string of the molecule is CC/C=C\C/C=C\C/C=C\C/C=C\CCCCCCC(=O)OCC(COC1OC(C(=O)O)C(O)C(O)C1OC(=O)CCCCCCC/C=C\CCCC)OC(=O)CCCC/C=C\C/C=C\C/C=C\C/C=C\CC. The lowest BCUT2D eigenvalue weighted by Crippen LogP contribution is -2.61. The number of aliphatic hydroxyl groups is 2. The number of carbonyl (C=O) groups is 4. The number of aliphatic carboxylic acids is 1. The van der Waals surface area contributed by atoms with E-state index in [9.17, 15) is 34.5 Å². The minimum atomic E-state index is -1.92. The minimum absolute atomic E-state index is 0.0368. The van der Waals surface area contributed by atoms with Crippen molar-refractivity contribution in [3.05, 3.63) is 109 Å². The van der Waals surface area contributed by atoms with Crippen LogP contribution in [0.3, 0.4) is 0 Å². The van der Waals surface area contributed by atoms with E-state index >= 15 is 0 Å². The number of carboxylic acid groups (broad SMARTS) is 1. The van der Waals surface area contributed by atoms with Gasteiger partial charge in [-0.25, -0.2) is 4.79 Å². The molecule has 0 spiro atoms. The van der Waals surface area contributed by atoms with Gasteiger partial charge in [-0.1, -0.05) is 175 Å². The third kappa shape index (κ3) is 38.6. The maximum atomic E-state index is 13.1. The molecule has 1 heterocycles. The molecule has 12 heteroatoms. The first kappa shape index (κ1) is 66.4. The molecule has 0 aromatic heterocycles. The molecule has 0 bridgehead atoms. The van der Waals surface area contributed by atoms with Crippen LogP contribution in [0.4, 0.5) is 0 Å². The zero-order valence-electron chi connectivity index (χ0n) is 45.1. The Morgan fingerprint density at radius 1 is 0.466 bits per heavy atom. The summed E-state index contributed by atoms with van der Waals surface area (Å²) >= 11 is 0. The van der Waals surface area contributed by atoms with E-state index in [1.54, 1.807) is 0 Å². The molecule has 73 heavy (non-hydrogen) atoms. The van der Waals surface area contributed by atoms with Crippen LogP contribution in [0.25, 0.3) is 0 Å². The number of esters is 3. The summed E-state index contributed by atoms with van der Waals surface area (Å²) in [6, 6.07) is 0. The van der Waals surface area contributed by atoms with Gasteiger partial charge in [-0.2, -0.15) is 0 Å². The molecule has 0 radical (unpaired) electrons. The zero-order chi connectivity index (χ0) is 53.3. The molecule has 1 aliphatic rings. The number of carboxylic acids is 1. The predicted octanol–water partition coefficient (Wildman–Crippen LogP) is 13.9. The number of rotatable bonds is 45. The van der Waals surface area contributed by atoms with Gasteiger partial charge in [0.1, 0.15) is 18.8 Å². The summed E-state index contributed by atoms with van der Waals surface area (Å²) in [4.78, 5) is 51.0. The number of allylic oxidation sites excluding steroid dienone is 18. The van der Waals surface area contributed by atoms with E-state index in [1.165, 1.54) is 12.8 Å². The van der Waals surface area contributed by atoms with Crippen LogP contribution in [0.2, 0.25) is 0 Å². The van der Waals surface area contributed by atoms with Gasteiger partial charge in [0.25, 0.3) is 0 Å². The van der Waals surface area contributed by atoms with Gasteiger partial charge in [0.2, 0.25) is 0 Å². The highest BCUT2D eigenvalue weighted by molar-refractivity contribution is 5.74. The Bertz CT molecular complexity index is 1690. The molecule has 0 amide bonds. The molecule has 1 saturated heterocycles. The first-order valence-electron chi connectivity index (χ1n) is 27.9. The number of carbonyl (C=O) groups excluding carboxylic acids is 3. The van der Waals surface area contributed by atoms with Gasteiger partial charge < -0.3 is 39.0 Å². The fraction of sp³-hybridized carbons (Fsp3) is 0.639. The number of hydrogen-bond donors (Lipinski definition) is 3. The van der Waals surface area contributed by atoms with Gasteiger partial charge >= 0.3 is 23.9 Å². The predicted molar refractivity (Wildman–Crippen MR) is 294 cm³/mol. The Hall–Kier alpha value is -4.62. The lowest BCUT2D eigenvalue weighted by Gasteiger charge is -2.40. The van der Waals surface area contributed by atoms with Gasteiger partial charge in [-0.15, -0.1) is 0 Å². The van der Waals surface area contributed by atoms with Crippen LogP contribution < -0.4 is 0 Å². The number of ether oxygens (including phenoxy) is 5. The van der Waals surface area contributed by atoms with Gasteiger partial charge in [-0.3, -0.25) is 14.4 Å². The lowest BCUT2D eigenvalue weighted by atomic mass is 9.98. The average Bonchev–Trinajstić information content (AvgIpc) is 3.37. The Morgan fingerprint density at radius 2 is 0.863 bits per heavy atom. The van der Waals surface area contributed by atoms with Crippen LogP contribution in [0.15, 0.2) is 109 Å². The van der Waals surface area contributed by atoms with E-state index in [4.69, 9.17) is 23.7 Å². The van der Waals surface area contributed by atoms with E-state index in [0.717, 1.165) is 128 Å². The van der Waals surface area contributed by atoms with Crippen molar-refractivity contribution < 1.29 is 58.2 Å². The zero-order valence-corrected chi connectivity index (χ0v) is 45.1. The highest BCUT2D eigenvalue weighted by Gasteiger charge is 2.50. The fourth-order valence-electron chi connectivity index (χ4n) is 7.56. The number of unbranched alkanes of at least 4 members (excludes halogenated alkanes) is 13. The molecule has 6 unspecified atom stereocenters. The van der Waals surface area contributed by atoms with Crippen molar-refractivity contribution in [2.45, 2.75) is 237 Å². The lowest BCUT2D eigenvalue weighted by molar-refractivity contribution is -0.301. The molecule has 1 fully saturated rings. The van der Waals surface area contributed by atoms with E-state index in [1.807, 2.05) is 0 Å². The second-order valence-corrected chi connectivity index (χ2v) is 18.4. The summed E-state index contributed by atoms with van der Waals surface area (Å²) < 4.78 is 28.3. The maximum absolute atomic E-state index is 13.1. The molecule has 412 valence electrons. The third-order valence-electron chi connectivity index (χ3n) is 11.8. The molecule has 1 aliphatic heterocycles. The smallest absolute Gasteiger partial charge is 0.335 e. The van der Waals surface area contributed by atoms with Crippen molar-refractivity contribution in [1.82, 2.24) is 0 Å². The molecule has 12 nitrogen and oxygen atoms in total. The molecular formula is C61H96O12. The van der Waals surface area contributed by atoms with Crippen LogP contribution in [0.1, 0.15) is 201 Å². The highest BCUT2D eigenvalue weighted by Crippen LogP contribution is 2.26. The van der Waals surface area contributed by atoms with Gasteiger partial charge in [0.05, 0.1) is 6.61 Å². The number of hydrogen-bond acceptors (Lipinski definition) is 11. The first-order valence-corrected chi connectivity index (χ1v) is 27.9. The quantitative estimate of drug-likeness (QED) is 0.0228. The number of aliphatic hydroxyl groups excluding tert-OH is 2. The van der Waals surface area contributed by atoms with Crippen molar-refractivity contribution in [2.75, 3.05) is 13.2 Å². The van der Waals surface area contributed by atoms with Crippen LogP contribution in [-0.4, -0.2) is 89.2 Å². The van der Waals surface area contributed by atoms with Crippen molar-refractivity contribution in [1.29, 1.82) is 0 Å². The molecule has 1 rings (SSSR count). The van der Waals surface area contributed by atoms with E-state index in [2.05, 4.69) is 130 Å². The third-order valence-corrected chi connectivity index (χ3v) is 11.8. The minimum Gasteiger partial charge on any atom is -0.479 e. The van der Waals surface area contributed by atoms with Crippen LogP contribution in [-0.2, 0) is 42.9 Å². The van der Waals surface area contributed by atoms with Crippen molar-refractivity contribution in [2.24, 2.45) is 0 Å². The fourth-order valence-corrected chi connectivity index (χ4v) is 7.56. The summed E-state index contributed by atoms with van der Waals surface area (Å²) in [7, 11) is 0. The van der Waals surface area contributed by atoms with Gasteiger partial charge in [-0.05, 0) is 116 Å². The average molecular weight is 1020 g/mol. The van der Waals surface area contributed by atoms with Crippen LogP contribution in [0, 0.1) is 0 Å². The molecular weight excluding hydrogens is 925 g/mol. The Balaban J connectivity index is 2.77. The molecule has 0 aliphatic carbocycles. The Morgan fingerprint density at radius 3 is 1.36 bits per heavy atom. The molecule has 0 aromatic carbocycles. The summed E-state index contributed by atoms with van der Waals surface area (Å²) in [6.45, 7) is 5.63. The Labute approximate surface area is 440 Å². The summed E-state index contributed by atoms with van der Waals surface area (Å²) in [6.07, 6.45) is 52.2. The van der Waals surface area contributed by atoms with Gasteiger partial charge in [0.15, 0.2) is 24.6 Å². The monoisotopic (exact) mass is 1020 g/mol. The second-order valence-electron chi connectivity index (χ2n) is 18.4. The van der Waals surface area contributed by atoms with Gasteiger partial charge in [0, 0.05) is 19.3 Å². The molecule has 0 aromatic rings. The van der Waals surface area contributed by atoms with Crippen molar-refractivity contribution >= 4 is 23.9 Å².